The summed E-state index contributed by atoms with van der Waals surface area (Å²) in [5.41, 5.74) is -13.8. The van der Waals surface area contributed by atoms with Crippen LogP contribution < -0.4 is 4.74 Å². The number of benzene rings is 5. The molecule has 428 valence electrons. The Hall–Kier alpha value is -4.65. The topological polar surface area (TPSA) is 211 Å². The molecule has 0 aliphatic carbocycles. The molecule has 0 spiro atoms. The number of carbonyl (C=O) groups is 2. The molecule has 0 heterocycles. The van der Waals surface area contributed by atoms with E-state index in [1.165, 1.54) is 60.8 Å². The van der Waals surface area contributed by atoms with Crippen molar-refractivity contribution < 1.29 is 123 Å². The average Bonchev–Trinajstić information content (AvgIpc) is 0.737. The van der Waals surface area contributed by atoms with Gasteiger partial charge in [0.05, 0.1) is 15.3 Å². The van der Waals surface area contributed by atoms with E-state index < -0.39 is 168 Å². The molecule has 5 rings (SSSR count). The molecule has 0 fully saturated rings. The van der Waals surface area contributed by atoms with E-state index in [4.69, 9.17) is 66.5 Å². The molecule has 0 saturated carbocycles. The fourth-order valence-corrected chi connectivity index (χ4v) is 4.62. The summed E-state index contributed by atoms with van der Waals surface area (Å²) in [4.78, 5) is 20.9. The molecular formula is C59H90Cl2O12PdS. The maximum atomic E-state index is 11.5. The van der Waals surface area contributed by atoms with E-state index in [1.807, 2.05) is 6.07 Å². The second-order valence-electron chi connectivity index (χ2n) is 17.0. The van der Waals surface area contributed by atoms with Gasteiger partial charge < -0.3 is 41.9 Å². The number of esters is 1. The van der Waals surface area contributed by atoms with Crippen molar-refractivity contribution in [2.45, 2.75) is 163 Å². The first-order chi connectivity index (χ1) is 49.0. The number of carbonyl (C=O) groups excluding carboxylic acids is 2. The van der Waals surface area contributed by atoms with E-state index in [1.54, 1.807) is 24.3 Å². The van der Waals surface area contributed by atoms with Crippen LogP contribution in [0.5, 0.6) is 28.7 Å². The minimum atomic E-state index is -4.66. The van der Waals surface area contributed by atoms with Gasteiger partial charge in [-0.25, -0.2) is 9.35 Å². The molecule has 0 aromatic heterocycles. The largest absolute Gasteiger partial charge is 0.526 e. The first kappa shape index (κ1) is 31.7. The number of hydrogen-bond donors (Lipinski definition) is 5. The zero-order valence-corrected chi connectivity index (χ0v) is 46.9. The Kier molecular flexibility index (Phi) is 14.4. The average molecular weight is 1240 g/mol. The molecule has 0 aliphatic rings. The van der Waals surface area contributed by atoms with Gasteiger partial charge in [-0.05, 0) is 103 Å². The summed E-state index contributed by atoms with van der Waals surface area (Å²) in [6.07, 6.45) is 0. The first-order valence-corrected chi connectivity index (χ1v) is 22.2. The van der Waals surface area contributed by atoms with Gasteiger partial charge in [-0.15, -0.1) is 20.7 Å². The fourth-order valence-electron chi connectivity index (χ4n) is 4.62. The number of methoxy groups -OCH3 is 1. The molecule has 0 radical (unpaired) electrons. The van der Waals surface area contributed by atoms with Gasteiger partial charge in [-0.1, -0.05) is 197 Å². The van der Waals surface area contributed by atoms with Crippen molar-refractivity contribution >= 4 is 45.7 Å². The van der Waals surface area contributed by atoms with E-state index in [0.717, 1.165) is 64.1 Å². The monoisotopic (exact) mass is 1240 g/mol. The number of para-hydroxylation sites is 2. The molecule has 12 nitrogen and oxygen atoms in total. The molecule has 0 saturated heterocycles. The van der Waals surface area contributed by atoms with Crippen LogP contribution in [0.25, 0.3) is 0 Å². The van der Waals surface area contributed by atoms with Crippen molar-refractivity contribution in [3.8, 4) is 28.7 Å². The van der Waals surface area contributed by atoms with Gasteiger partial charge in [0.2, 0.25) is 0 Å². The van der Waals surface area contributed by atoms with Gasteiger partial charge in [-0.3, -0.25) is 4.79 Å². The Bertz CT molecular complexity index is 3920. The van der Waals surface area contributed by atoms with E-state index >= 15 is 0 Å². The summed E-state index contributed by atoms with van der Waals surface area (Å²) in [5, 5.41) is 27.3. The minimum absolute atomic E-state index is 0. The van der Waals surface area contributed by atoms with Gasteiger partial charge in [0.25, 0.3) is 2.86 Å². The summed E-state index contributed by atoms with van der Waals surface area (Å²) < 4.78 is 320. The maximum Gasteiger partial charge on any atom is 0.526 e. The third-order valence-corrected chi connectivity index (χ3v) is 8.40. The normalized spacial score (nSPS) is 19.7. The predicted molar refractivity (Wildman–Crippen MR) is 309 cm³/mol. The number of rotatable bonds is 4. The number of phenols is 4. The van der Waals surface area contributed by atoms with Crippen LogP contribution in [0.4, 0.5) is 4.79 Å². The number of phenolic OH excluding ortho intramolecular Hbond substituents is 4. The number of aromatic hydroxyl groups is 4. The van der Waals surface area contributed by atoms with Crippen LogP contribution in [0.1, 0.15) is 210 Å². The summed E-state index contributed by atoms with van der Waals surface area (Å²) >= 11 is 8.49. The molecular weight excluding hydrogens is 1110 g/mol. The maximum absolute atomic E-state index is 11.5. The van der Waals surface area contributed by atoms with Gasteiger partial charge in [-0.2, -0.15) is 0 Å². The van der Waals surface area contributed by atoms with Crippen molar-refractivity contribution in [1.29, 1.82) is 6.90 Å². The van der Waals surface area contributed by atoms with E-state index in [2.05, 4.69) is 38.9 Å². The standard InChI is InChI=1S/C16H24O2.2C14H22O.2C6H6O.C2H3ClO2.CH3.ClH.H2O4S.Pd/c1-11(17)18-14-9-8-12(15(2,3)4)10-13(14)16(5,6)7;2*1-13(2,3)10-7-8-12(15)11(9-10)14(4,5)6;2*7-6-4-2-1-3-5-6;1-5-2(3)4;;;1-5(2,3)4;/h8-10H,1-7H3;2*7-9,15H,1-6H3;2*1-5,7H;1H3;1H3;1H;(H2,1,2,3,4);/q;;;;;;-1;;;/p+1/i2D3,5D3,6D3,9D;2*1D3,4D3,5D3,8D;1D,4D,5D;;;;;;/hD5. The fraction of sp³-hybridized carbons (Fsp3) is 0.441. The van der Waals surface area contributed by atoms with Gasteiger partial charge in [0, 0.05) is 81.5 Å². The second kappa shape index (κ2) is 34.2. The van der Waals surface area contributed by atoms with Crippen molar-refractivity contribution in [3.63, 3.8) is 0 Å². The van der Waals surface area contributed by atoms with Crippen LogP contribution in [0.2, 0.25) is 0 Å². The number of halogens is 2. The molecule has 0 bridgehead atoms. The molecule has 0 atom stereocenters. The Morgan fingerprint density at radius 3 is 1.31 bits per heavy atom. The van der Waals surface area contributed by atoms with E-state index in [0.29, 0.717) is 5.75 Å². The SMILES string of the molecule is COC(=O)Cl.Oc1ccccc1.[2H]Cl.[2H]Oc1c([2H])cc(C(C)(C)C([2H])([2H])[2H])cc1C(C)(C([2H])([2H])[2H])C([2H])([2H])[2H].[2H]Oc1c([2H])cc([2H])cc1[2H].[2H][O+]([2H])S(=O)(=O)O.[2H]c1cc(C(C)(C)C([2H])([2H])[2H])cc(C(C)(C([2H])([2H])[2H])C([2H])([2H])[2H])c1O.[2H]c1cc(C(C)(C)C([2H])([2H])[2H])cc(C(C)(C([2H])([2H])[2H])C([2H])([2H])[2H])c1OC(C)=O.[CH3-].[Pd]. The Morgan fingerprint density at radius 2 is 0.987 bits per heavy atom. The number of hydrogen-bond acceptors (Lipinski definition) is 10. The zero-order valence-electron chi connectivity index (χ0n) is 81.0. The molecule has 16 heteroatoms. The van der Waals surface area contributed by atoms with Crippen LogP contribution in [0, 0.1) is 7.43 Å². The first-order valence-electron chi connectivity index (χ1n) is 38.9. The summed E-state index contributed by atoms with van der Waals surface area (Å²) in [6.45, 7) is -13.5. The van der Waals surface area contributed by atoms with Crippen molar-refractivity contribution in [2.75, 3.05) is 7.11 Å². The predicted octanol–water partition coefficient (Wildman–Crippen LogP) is 15.3. The third-order valence-electron chi connectivity index (χ3n) is 8.24. The Labute approximate surface area is 529 Å². The molecule has 7 N–H and O–H groups in total. The van der Waals surface area contributed by atoms with E-state index in [-0.39, 0.29) is 73.0 Å². The molecule has 0 aliphatic heterocycles. The van der Waals surface area contributed by atoms with Crippen LogP contribution >= 0.6 is 23.9 Å². The molecule has 75 heavy (non-hydrogen) atoms. The van der Waals surface area contributed by atoms with Gasteiger partial charge >= 0.3 is 24.7 Å². The van der Waals surface area contributed by atoms with Gasteiger partial charge in [0.15, 0.2) is 0 Å². The molecule has 0 unspecified atom stereocenters. The molecule has 5 aromatic carbocycles. The summed E-state index contributed by atoms with van der Waals surface area (Å²) in [6, 6.07) is 16.3. The second-order valence-corrected chi connectivity index (χ2v) is 18.2. The van der Waals surface area contributed by atoms with Crippen LogP contribution in [0.15, 0.2) is 115 Å². The Morgan fingerprint density at radius 1 is 0.627 bits per heavy atom. The van der Waals surface area contributed by atoms with Crippen LogP contribution in [0.3, 0.4) is 0 Å². The van der Waals surface area contributed by atoms with Crippen molar-refractivity contribution in [1.82, 2.24) is 0 Å². The quantitative estimate of drug-likeness (QED) is 0.0217. The summed E-state index contributed by atoms with van der Waals surface area (Å²) in [7, 11) is -3.44. The minimum Gasteiger partial charge on any atom is -0.508 e. The molecule has 0 amide bonds. The zero-order chi connectivity index (χ0) is 89.6. The third kappa shape index (κ3) is 36.9. The summed E-state index contributed by atoms with van der Waals surface area (Å²) in [5.74, 6) is -2.46. The van der Waals surface area contributed by atoms with Crippen LogP contribution in [-0.2, 0) is 72.8 Å². The van der Waals surface area contributed by atoms with Crippen molar-refractivity contribution in [2.24, 2.45) is 0 Å². The van der Waals surface area contributed by atoms with Crippen molar-refractivity contribution in [3.05, 3.63) is 156 Å². The van der Waals surface area contributed by atoms with Gasteiger partial charge in [0.1, 0.15) is 29.9 Å². The molecule has 5 aromatic rings. The Balaban J connectivity index is -0.000000428. The van der Waals surface area contributed by atoms with Crippen LogP contribution in [-0.4, -0.2) is 63.4 Å². The smallest absolute Gasteiger partial charge is 0.508 e. The van der Waals surface area contributed by atoms with E-state index in [9.17, 15) is 23.1 Å². The number of ether oxygens (including phenoxy) is 2.